The molecule has 0 saturated carbocycles. The van der Waals surface area contributed by atoms with Crippen LogP contribution in [0.15, 0.2) is 30.6 Å². The maximum absolute atomic E-state index is 4.39. The third kappa shape index (κ3) is 3.30. The number of aromatic nitrogens is 2. The van der Waals surface area contributed by atoms with Crippen molar-refractivity contribution in [2.45, 2.75) is 39.3 Å². The molecule has 0 aliphatic rings. The lowest BCUT2D eigenvalue weighted by Crippen LogP contribution is -2.23. The van der Waals surface area contributed by atoms with Crippen molar-refractivity contribution in [3.63, 3.8) is 0 Å². The third-order valence-corrected chi connectivity index (χ3v) is 2.91. The van der Waals surface area contributed by atoms with Gasteiger partial charge in [-0.05, 0) is 31.5 Å². The summed E-state index contributed by atoms with van der Waals surface area (Å²) >= 11 is 0. The van der Waals surface area contributed by atoms with Crippen molar-refractivity contribution < 1.29 is 0 Å². The van der Waals surface area contributed by atoms with Gasteiger partial charge in [-0.1, -0.05) is 26.0 Å². The number of hydrogen-bond donors (Lipinski definition) is 1. The van der Waals surface area contributed by atoms with Crippen LogP contribution in [-0.4, -0.2) is 22.1 Å². The first-order valence-corrected chi connectivity index (χ1v) is 6.40. The quantitative estimate of drug-likeness (QED) is 0.775. The van der Waals surface area contributed by atoms with Gasteiger partial charge in [-0.25, -0.2) is 4.98 Å². The second-order valence-corrected chi connectivity index (χ2v) is 4.74. The van der Waals surface area contributed by atoms with Gasteiger partial charge in [0.05, 0.1) is 17.4 Å². The van der Waals surface area contributed by atoms with Gasteiger partial charge in [0.15, 0.2) is 0 Å². The molecule has 0 spiro atoms. The normalized spacial score (nSPS) is 11.5. The average Bonchev–Trinajstić information content (AvgIpc) is 2.72. The highest BCUT2D eigenvalue weighted by Gasteiger charge is 2.00. The van der Waals surface area contributed by atoms with E-state index < -0.39 is 0 Å². The minimum Gasteiger partial charge on any atom is -0.331 e. The maximum atomic E-state index is 4.39. The van der Waals surface area contributed by atoms with Gasteiger partial charge in [0, 0.05) is 12.6 Å². The van der Waals surface area contributed by atoms with E-state index in [-0.39, 0.29) is 0 Å². The number of benzene rings is 1. The number of hydrogen-bond acceptors (Lipinski definition) is 2. The summed E-state index contributed by atoms with van der Waals surface area (Å²) in [7, 11) is 0. The lowest BCUT2D eigenvalue weighted by Gasteiger charge is -2.08. The molecule has 0 aliphatic heterocycles. The van der Waals surface area contributed by atoms with E-state index in [0.29, 0.717) is 6.04 Å². The summed E-state index contributed by atoms with van der Waals surface area (Å²) < 4.78 is 2.24. The smallest absolute Gasteiger partial charge is 0.0958 e. The highest BCUT2D eigenvalue weighted by molar-refractivity contribution is 5.74. The number of rotatable bonds is 6. The number of para-hydroxylation sites is 2. The lowest BCUT2D eigenvalue weighted by molar-refractivity contribution is 0.535. The molecular weight excluding hydrogens is 210 g/mol. The number of nitrogens with zero attached hydrogens (tertiary/aromatic N) is 2. The SMILES string of the molecule is CC(C)NCCCCn1cnc2ccccc21. The standard InChI is InChI=1S/C14H21N3/c1-12(2)15-9-5-6-10-17-11-16-13-7-3-4-8-14(13)17/h3-4,7-8,11-12,15H,5-6,9-10H2,1-2H3. The van der Waals surface area contributed by atoms with E-state index in [1.165, 1.54) is 18.4 Å². The Morgan fingerprint density at radius 1 is 1.24 bits per heavy atom. The summed E-state index contributed by atoms with van der Waals surface area (Å²) in [5.41, 5.74) is 2.33. The summed E-state index contributed by atoms with van der Waals surface area (Å²) in [6.07, 6.45) is 4.35. The van der Waals surface area contributed by atoms with Crippen molar-refractivity contribution in [2.75, 3.05) is 6.54 Å². The summed E-state index contributed by atoms with van der Waals surface area (Å²) in [5.74, 6) is 0. The molecule has 0 radical (unpaired) electrons. The van der Waals surface area contributed by atoms with Crippen molar-refractivity contribution >= 4 is 11.0 Å². The van der Waals surface area contributed by atoms with E-state index in [0.717, 1.165) is 18.6 Å². The zero-order chi connectivity index (χ0) is 12.1. The number of fused-ring (bicyclic) bond motifs is 1. The zero-order valence-electron chi connectivity index (χ0n) is 10.7. The van der Waals surface area contributed by atoms with Gasteiger partial charge < -0.3 is 9.88 Å². The molecule has 2 rings (SSSR count). The van der Waals surface area contributed by atoms with Crippen LogP contribution in [0, 0.1) is 0 Å². The first-order chi connectivity index (χ1) is 8.27. The van der Waals surface area contributed by atoms with Crippen molar-refractivity contribution in [1.29, 1.82) is 0 Å². The molecule has 0 saturated heterocycles. The van der Waals surface area contributed by atoms with E-state index in [1.54, 1.807) is 0 Å². The van der Waals surface area contributed by atoms with Gasteiger partial charge in [0.1, 0.15) is 0 Å². The molecule has 3 nitrogen and oxygen atoms in total. The molecule has 92 valence electrons. The Morgan fingerprint density at radius 3 is 2.88 bits per heavy atom. The maximum Gasteiger partial charge on any atom is 0.0958 e. The van der Waals surface area contributed by atoms with Gasteiger partial charge in [-0.3, -0.25) is 0 Å². The van der Waals surface area contributed by atoms with Crippen LogP contribution < -0.4 is 5.32 Å². The fraction of sp³-hybridized carbons (Fsp3) is 0.500. The zero-order valence-corrected chi connectivity index (χ0v) is 10.7. The highest BCUT2D eigenvalue weighted by atomic mass is 15.0. The Kier molecular flexibility index (Phi) is 4.15. The molecule has 3 heteroatoms. The predicted molar refractivity (Wildman–Crippen MR) is 72.1 cm³/mol. The second-order valence-electron chi connectivity index (χ2n) is 4.74. The minimum atomic E-state index is 0.587. The molecule has 0 unspecified atom stereocenters. The molecular formula is C14H21N3. The Hall–Kier alpha value is -1.35. The number of aryl methyl sites for hydroxylation is 1. The molecule has 0 aliphatic carbocycles. The Bertz CT molecular complexity index is 459. The lowest BCUT2D eigenvalue weighted by atomic mass is 10.2. The van der Waals surface area contributed by atoms with Gasteiger partial charge in [0.2, 0.25) is 0 Å². The molecule has 0 bridgehead atoms. The van der Waals surface area contributed by atoms with Crippen LogP contribution in [-0.2, 0) is 6.54 Å². The molecule has 0 atom stereocenters. The van der Waals surface area contributed by atoms with Crippen LogP contribution in [0.25, 0.3) is 11.0 Å². The van der Waals surface area contributed by atoms with E-state index in [2.05, 4.69) is 46.9 Å². The monoisotopic (exact) mass is 231 g/mol. The van der Waals surface area contributed by atoms with Gasteiger partial charge in [0.25, 0.3) is 0 Å². The topological polar surface area (TPSA) is 29.9 Å². The largest absolute Gasteiger partial charge is 0.331 e. The van der Waals surface area contributed by atoms with Crippen molar-refractivity contribution in [3.05, 3.63) is 30.6 Å². The molecule has 17 heavy (non-hydrogen) atoms. The minimum absolute atomic E-state index is 0.587. The molecule has 0 amide bonds. The van der Waals surface area contributed by atoms with Crippen molar-refractivity contribution in [2.24, 2.45) is 0 Å². The van der Waals surface area contributed by atoms with Crippen LogP contribution >= 0.6 is 0 Å². The van der Waals surface area contributed by atoms with Crippen LogP contribution in [0.4, 0.5) is 0 Å². The summed E-state index contributed by atoms with van der Waals surface area (Å²) in [6.45, 7) is 6.53. The second kappa shape index (κ2) is 5.82. The van der Waals surface area contributed by atoms with Gasteiger partial charge in [-0.15, -0.1) is 0 Å². The summed E-state index contributed by atoms with van der Waals surface area (Å²) in [4.78, 5) is 4.39. The Balaban J connectivity index is 1.83. The van der Waals surface area contributed by atoms with Crippen LogP contribution in [0.2, 0.25) is 0 Å². The third-order valence-electron chi connectivity index (χ3n) is 2.91. The molecule has 1 aromatic heterocycles. The number of imidazole rings is 1. The van der Waals surface area contributed by atoms with E-state index in [9.17, 15) is 0 Å². The fourth-order valence-electron chi connectivity index (χ4n) is 1.99. The van der Waals surface area contributed by atoms with E-state index in [1.807, 2.05) is 12.4 Å². The van der Waals surface area contributed by atoms with E-state index >= 15 is 0 Å². The number of nitrogens with one attached hydrogen (secondary N) is 1. The first-order valence-electron chi connectivity index (χ1n) is 6.40. The molecule has 1 aromatic carbocycles. The van der Waals surface area contributed by atoms with E-state index in [4.69, 9.17) is 0 Å². The Morgan fingerprint density at radius 2 is 2.06 bits per heavy atom. The van der Waals surface area contributed by atoms with Crippen molar-refractivity contribution in [3.8, 4) is 0 Å². The summed E-state index contributed by atoms with van der Waals surface area (Å²) in [6, 6.07) is 8.89. The number of unbranched alkanes of at least 4 members (excludes halogenated alkanes) is 1. The van der Waals surface area contributed by atoms with Crippen molar-refractivity contribution in [1.82, 2.24) is 14.9 Å². The fourth-order valence-corrected chi connectivity index (χ4v) is 1.99. The predicted octanol–water partition coefficient (Wildman–Crippen LogP) is 2.81. The summed E-state index contributed by atoms with van der Waals surface area (Å²) in [5, 5.41) is 3.44. The van der Waals surface area contributed by atoms with Crippen LogP contribution in [0.1, 0.15) is 26.7 Å². The van der Waals surface area contributed by atoms with Gasteiger partial charge in [-0.2, -0.15) is 0 Å². The molecule has 1 N–H and O–H groups in total. The Labute approximate surface area is 103 Å². The molecule has 1 heterocycles. The highest BCUT2D eigenvalue weighted by Crippen LogP contribution is 2.12. The molecule has 2 aromatic rings. The molecule has 0 fully saturated rings. The van der Waals surface area contributed by atoms with Crippen LogP contribution in [0.5, 0.6) is 0 Å². The first kappa shape index (κ1) is 12.1. The van der Waals surface area contributed by atoms with Gasteiger partial charge >= 0.3 is 0 Å². The van der Waals surface area contributed by atoms with Crippen LogP contribution in [0.3, 0.4) is 0 Å². The average molecular weight is 231 g/mol.